The van der Waals surface area contributed by atoms with Crippen molar-refractivity contribution in [3.05, 3.63) is 65.4 Å². The van der Waals surface area contributed by atoms with Crippen molar-refractivity contribution in [1.29, 1.82) is 0 Å². The van der Waals surface area contributed by atoms with Crippen LogP contribution in [0.4, 0.5) is 0 Å². The van der Waals surface area contributed by atoms with Gasteiger partial charge in [-0.25, -0.2) is 4.98 Å². The molecule has 0 N–H and O–H groups in total. The fraction of sp³-hybridized carbons (Fsp3) is 0.158. The van der Waals surface area contributed by atoms with E-state index in [1.165, 1.54) is 5.56 Å². The van der Waals surface area contributed by atoms with Crippen molar-refractivity contribution in [2.45, 2.75) is 17.8 Å². The molecule has 0 saturated heterocycles. The number of benzene rings is 1. The first kappa shape index (κ1) is 16.9. The van der Waals surface area contributed by atoms with Crippen LogP contribution < -0.4 is 0 Å². The Labute approximate surface area is 160 Å². The third-order valence-corrected chi connectivity index (χ3v) is 5.97. The Balaban J connectivity index is 1.47. The molecule has 0 fully saturated rings. The largest absolute Gasteiger partial charge is 0.305 e. The minimum absolute atomic E-state index is 0.769. The van der Waals surface area contributed by atoms with Gasteiger partial charge in [0.05, 0.1) is 5.69 Å². The quantitative estimate of drug-likeness (QED) is 0.474. The second-order valence-corrected chi connectivity index (χ2v) is 7.70. The molecule has 5 nitrogen and oxygen atoms in total. The molecule has 1 aromatic carbocycles. The van der Waals surface area contributed by atoms with Gasteiger partial charge >= 0.3 is 0 Å². The first-order valence-corrected chi connectivity index (χ1v) is 10.0. The molecule has 0 radical (unpaired) electrons. The van der Waals surface area contributed by atoms with E-state index in [1.54, 1.807) is 35.5 Å². The maximum Gasteiger partial charge on any atom is 0.191 e. The van der Waals surface area contributed by atoms with Crippen LogP contribution in [0.1, 0.15) is 11.3 Å². The van der Waals surface area contributed by atoms with E-state index in [1.807, 2.05) is 23.7 Å². The molecular weight excluding hydrogens is 362 g/mol. The van der Waals surface area contributed by atoms with E-state index >= 15 is 0 Å². The topological polar surface area (TPSA) is 56.5 Å². The smallest absolute Gasteiger partial charge is 0.191 e. The first-order chi connectivity index (χ1) is 12.7. The maximum absolute atomic E-state index is 4.75. The molecule has 4 rings (SSSR count). The van der Waals surface area contributed by atoms with Crippen molar-refractivity contribution in [3.8, 4) is 22.0 Å². The highest BCUT2D eigenvalue weighted by atomic mass is 32.2. The molecule has 26 heavy (non-hydrogen) atoms. The molecule has 3 aromatic heterocycles. The van der Waals surface area contributed by atoms with Crippen LogP contribution in [-0.2, 0) is 12.8 Å². The molecule has 0 bridgehead atoms. The summed E-state index contributed by atoms with van der Waals surface area (Å²) in [6, 6.07) is 12.3. The second kappa shape index (κ2) is 7.39. The highest BCUT2D eigenvalue weighted by molar-refractivity contribution is 7.98. The zero-order valence-electron chi connectivity index (χ0n) is 14.5. The molecule has 0 aliphatic rings. The van der Waals surface area contributed by atoms with Gasteiger partial charge < -0.3 is 4.57 Å². The van der Waals surface area contributed by atoms with E-state index in [0.717, 1.165) is 38.6 Å². The molecule has 4 aromatic rings. The third kappa shape index (κ3) is 3.54. The first-order valence-electron chi connectivity index (χ1n) is 8.15. The van der Waals surface area contributed by atoms with Crippen LogP contribution in [0, 0.1) is 6.92 Å². The average molecular weight is 380 g/mol. The molecular formula is C19H17N5S2. The molecule has 0 saturated carbocycles. The highest BCUT2D eigenvalue weighted by Gasteiger charge is 2.12. The van der Waals surface area contributed by atoms with Gasteiger partial charge in [0.25, 0.3) is 0 Å². The van der Waals surface area contributed by atoms with Crippen molar-refractivity contribution in [2.24, 2.45) is 7.05 Å². The number of aryl methyl sites for hydroxylation is 1. The highest BCUT2D eigenvalue weighted by Crippen LogP contribution is 2.28. The van der Waals surface area contributed by atoms with E-state index in [4.69, 9.17) is 4.98 Å². The molecule has 0 spiro atoms. The number of hydrogen-bond acceptors (Lipinski definition) is 6. The number of thioether (sulfide) groups is 1. The summed E-state index contributed by atoms with van der Waals surface area (Å²) in [6.45, 7) is 2.09. The van der Waals surface area contributed by atoms with E-state index in [0.29, 0.717) is 0 Å². The zero-order valence-corrected chi connectivity index (χ0v) is 16.1. The van der Waals surface area contributed by atoms with Crippen molar-refractivity contribution < 1.29 is 0 Å². The maximum atomic E-state index is 4.75. The van der Waals surface area contributed by atoms with Gasteiger partial charge in [0, 0.05) is 41.7 Å². The fourth-order valence-corrected chi connectivity index (χ4v) is 4.27. The number of nitrogens with zero attached hydrogens (tertiary/aromatic N) is 5. The summed E-state index contributed by atoms with van der Waals surface area (Å²) in [5.41, 5.74) is 4.49. The Kier molecular flexibility index (Phi) is 4.81. The third-order valence-electron chi connectivity index (χ3n) is 3.97. The summed E-state index contributed by atoms with van der Waals surface area (Å²) in [5.74, 6) is 1.61. The molecule has 0 aliphatic heterocycles. The van der Waals surface area contributed by atoms with Gasteiger partial charge in [-0.3, -0.25) is 4.98 Å². The zero-order chi connectivity index (χ0) is 17.9. The summed E-state index contributed by atoms with van der Waals surface area (Å²) >= 11 is 3.32. The van der Waals surface area contributed by atoms with Gasteiger partial charge in [0.2, 0.25) is 0 Å². The lowest BCUT2D eigenvalue weighted by Crippen LogP contribution is -1.95. The van der Waals surface area contributed by atoms with Crippen LogP contribution in [0.2, 0.25) is 0 Å². The van der Waals surface area contributed by atoms with Gasteiger partial charge in [0.15, 0.2) is 11.0 Å². The molecule has 7 heteroatoms. The molecule has 0 amide bonds. The number of pyridine rings is 1. The van der Waals surface area contributed by atoms with Crippen LogP contribution in [0.15, 0.2) is 59.3 Å². The standard InChI is InChI=1S/C19H17N5S2/c1-13-3-5-15(6-4-13)18-21-16(11-25-18)12-26-19-23-22-17(24(19)2)14-7-9-20-10-8-14/h3-11H,12H2,1-2H3. The van der Waals surface area contributed by atoms with Crippen LogP contribution in [-0.4, -0.2) is 24.7 Å². The van der Waals surface area contributed by atoms with Crippen molar-refractivity contribution >= 4 is 23.1 Å². The van der Waals surface area contributed by atoms with Crippen molar-refractivity contribution in [2.75, 3.05) is 0 Å². The van der Waals surface area contributed by atoms with Gasteiger partial charge in [0.1, 0.15) is 5.01 Å². The predicted octanol–water partition coefficient (Wildman–Crippen LogP) is 4.60. The second-order valence-electron chi connectivity index (χ2n) is 5.90. The lowest BCUT2D eigenvalue weighted by atomic mass is 10.2. The van der Waals surface area contributed by atoms with E-state index in [9.17, 15) is 0 Å². The van der Waals surface area contributed by atoms with Gasteiger partial charge in [-0.2, -0.15) is 0 Å². The van der Waals surface area contributed by atoms with E-state index in [2.05, 4.69) is 51.8 Å². The van der Waals surface area contributed by atoms with Gasteiger partial charge in [-0.15, -0.1) is 21.5 Å². The fourth-order valence-electron chi connectivity index (χ4n) is 2.53. The van der Waals surface area contributed by atoms with Crippen LogP contribution in [0.5, 0.6) is 0 Å². The van der Waals surface area contributed by atoms with E-state index < -0.39 is 0 Å². The summed E-state index contributed by atoms with van der Waals surface area (Å²) < 4.78 is 2.01. The average Bonchev–Trinajstić information content (AvgIpc) is 3.28. The summed E-state index contributed by atoms with van der Waals surface area (Å²) in [5, 5.41) is 12.7. The summed E-state index contributed by atoms with van der Waals surface area (Å²) in [6.07, 6.45) is 3.53. The molecule has 0 aliphatic carbocycles. The lowest BCUT2D eigenvalue weighted by Gasteiger charge is -2.02. The number of rotatable bonds is 5. The summed E-state index contributed by atoms with van der Waals surface area (Å²) in [7, 11) is 1.98. The Morgan fingerprint density at radius 3 is 2.54 bits per heavy atom. The molecule has 0 unspecified atom stereocenters. The Hall–Kier alpha value is -2.51. The Morgan fingerprint density at radius 2 is 1.77 bits per heavy atom. The van der Waals surface area contributed by atoms with Crippen molar-refractivity contribution in [3.63, 3.8) is 0 Å². The number of hydrogen-bond donors (Lipinski definition) is 0. The predicted molar refractivity (Wildman–Crippen MR) is 106 cm³/mol. The number of aromatic nitrogens is 5. The Bertz CT molecular complexity index is 1010. The van der Waals surface area contributed by atoms with Gasteiger partial charge in [-0.1, -0.05) is 41.6 Å². The number of thiazole rings is 1. The summed E-state index contributed by atoms with van der Waals surface area (Å²) in [4.78, 5) is 8.80. The molecule has 3 heterocycles. The minimum atomic E-state index is 0.769. The Morgan fingerprint density at radius 1 is 1.00 bits per heavy atom. The SMILES string of the molecule is Cc1ccc(-c2nc(CSc3nnc(-c4ccncc4)n3C)cs2)cc1. The van der Waals surface area contributed by atoms with Crippen molar-refractivity contribution in [1.82, 2.24) is 24.7 Å². The van der Waals surface area contributed by atoms with Crippen LogP contribution in [0.25, 0.3) is 22.0 Å². The van der Waals surface area contributed by atoms with E-state index in [-0.39, 0.29) is 0 Å². The lowest BCUT2D eigenvalue weighted by molar-refractivity contribution is 0.793. The monoisotopic (exact) mass is 379 g/mol. The molecule has 0 atom stereocenters. The minimum Gasteiger partial charge on any atom is -0.305 e. The van der Waals surface area contributed by atoms with Crippen LogP contribution in [0.3, 0.4) is 0 Å². The molecule has 130 valence electrons. The normalized spacial score (nSPS) is 11.0. The van der Waals surface area contributed by atoms with Crippen LogP contribution >= 0.6 is 23.1 Å². The van der Waals surface area contributed by atoms with Gasteiger partial charge in [-0.05, 0) is 19.1 Å².